The Morgan fingerprint density at radius 2 is 1.86 bits per heavy atom. The van der Waals surface area contributed by atoms with E-state index >= 15 is 0 Å². The lowest BCUT2D eigenvalue weighted by Gasteiger charge is -2.05. The maximum absolute atomic E-state index is 13.1. The van der Waals surface area contributed by atoms with Crippen LogP contribution < -0.4 is 0 Å². The van der Waals surface area contributed by atoms with Crippen LogP contribution in [-0.4, -0.2) is 19.7 Å². The van der Waals surface area contributed by atoms with Crippen molar-refractivity contribution in [2.45, 2.75) is 19.8 Å². The molecule has 3 rings (SSSR count). The summed E-state index contributed by atoms with van der Waals surface area (Å²) < 4.78 is 14.9. The fourth-order valence-corrected chi connectivity index (χ4v) is 2.08. The van der Waals surface area contributed by atoms with Gasteiger partial charge in [0.25, 0.3) is 0 Å². The molecule has 0 saturated carbocycles. The second kappa shape index (κ2) is 5.44. The van der Waals surface area contributed by atoms with E-state index in [0.29, 0.717) is 11.7 Å². The number of benzene rings is 1. The second-order valence-electron chi connectivity index (χ2n) is 5.09. The van der Waals surface area contributed by atoms with Gasteiger partial charge in [0.15, 0.2) is 5.82 Å². The Hall–Kier alpha value is -2.56. The van der Waals surface area contributed by atoms with Crippen LogP contribution in [0.2, 0.25) is 0 Å². The fourth-order valence-electron chi connectivity index (χ4n) is 2.08. The molecule has 0 spiro atoms. The summed E-state index contributed by atoms with van der Waals surface area (Å²) in [6.45, 7) is 4.16. The van der Waals surface area contributed by atoms with Gasteiger partial charge in [-0.15, -0.1) is 0 Å². The first-order valence-electron chi connectivity index (χ1n) is 6.77. The number of aromatic nitrogens is 4. The van der Waals surface area contributed by atoms with Crippen molar-refractivity contribution >= 4 is 0 Å². The van der Waals surface area contributed by atoms with Gasteiger partial charge in [-0.1, -0.05) is 13.8 Å². The van der Waals surface area contributed by atoms with Crippen molar-refractivity contribution in [3.8, 4) is 17.1 Å². The molecule has 0 amide bonds. The third-order valence-electron chi connectivity index (χ3n) is 3.23. The lowest BCUT2D eigenvalue weighted by molar-refractivity contribution is 0.628. The molecular formula is C16H15FN4. The molecule has 0 saturated heterocycles. The van der Waals surface area contributed by atoms with Crippen LogP contribution in [0.5, 0.6) is 0 Å². The van der Waals surface area contributed by atoms with E-state index in [2.05, 4.69) is 28.9 Å². The molecule has 0 atom stereocenters. The van der Waals surface area contributed by atoms with E-state index in [1.165, 1.54) is 12.1 Å². The van der Waals surface area contributed by atoms with Gasteiger partial charge in [-0.25, -0.2) is 14.1 Å². The molecule has 5 heteroatoms. The number of halogens is 1. The molecule has 0 aliphatic carbocycles. The van der Waals surface area contributed by atoms with Crippen LogP contribution in [0.25, 0.3) is 17.1 Å². The van der Waals surface area contributed by atoms with Gasteiger partial charge in [0.2, 0.25) is 0 Å². The Kier molecular flexibility index (Phi) is 3.48. The van der Waals surface area contributed by atoms with E-state index in [9.17, 15) is 4.39 Å². The second-order valence-corrected chi connectivity index (χ2v) is 5.09. The van der Waals surface area contributed by atoms with Crippen LogP contribution in [0, 0.1) is 5.82 Å². The van der Waals surface area contributed by atoms with E-state index in [-0.39, 0.29) is 5.82 Å². The van der Waals surface area contributed by atoms with Gasteiger partial charge >= 0.3 is 0 Å². The quantitative estimate of drug-likeness (QED) is 0.737. The summed E-state index contributed by atoms with van der Waals surface area (Å²) in [4.78, 5) is 8.37. The Balaban J connectivity index is 2.16. The molecule has 2 heterocycles. The summed E-state index contributed by atoms with van der Waals surface area (Å²) in [7, 11) is 0. The van der Waals surface area contributed by atoms with Gasteiger partial charge in [0.05, 0.1) is 17.6 Å². The van der Waals surface area contributed by atoms with E-state index in [0.717, 1.165) is 17.0 Å². The molecule has 0 aliphatic rings. The topological polar surface area (TPSA) is 43.6 Å². The van der Waals surface area contributed by atoms with Crippen molar-refractivity contribution in [3.63, 3.8) is 0 Å². The minimum absolute atomic E-state index is 0.256. The van der Waals surface area contributed by atoms with Crippen molar-refractivity contribution < 1.29 is 4.39 Å². The van der Waals surface area contributed by atoms with Gasteiger partial charge in [-0.2, -0.15) is 5.10 Å². The van der Waals surface area contributed by atoms with Gasteiger partial charge in [0, 0.05) is 18.0 Å². The zero-order chi connectivity index (χ0) is 14.8. The molecule has 0 bridgehead atoms. The van der Waals surface area contributed by atoms with Crippen LogP contribution in [0.4, 0.5) is 4.39 Å². The van der Waals surface area contributed by atoms with Gasteiger partial charge in [-0.3, -0.25) is 4.98 Å². The van der Waals surface area contributed by atoms with Gasteiger partial charge in [-0.05, 0) is 36.2 Å². The van der Waals surface area contributed by atoms with Gasteiger partial charge in [0.1, 0.15) is 5.82 Å². The van der Waals surface area contributed by atoms with Crippen LogP contribution in [-0.2, 0) is 0 Å². The Bertz CT molecular complexity index is 733. The van der Waals surface area contributed by atoms with Crippen molar-refractivity contribution in [1.29, 1.82) is 0 Å². The third-order valence-corrected chi connectivity index (χ3v) is 3.23. The average Bonchev–Trinajstić information content (AvgIpc) is 2.94. The molecule has 0 aliphatic heterocycles. The maximum Gasteiger partial charge on any atom is 0.172 e. The Labute approximate surface area is 122 Å². The molecule has 0 radical (unpaired) electrons. The molecule has 1 aromatic carbocycles. The largest absolute Gasteiger partial charge is 0.259 e. The van der Waals surface area contributed by atoms with E-state index in [4.69, 9.17) is 0 Å². The van der Waals surface area contributed by atoms with Crippen molar-refractivity contribution in [1.82, 2.24) is 19.7 Å². The van der Waals surface area contributed by atoms with Crippen molar-refractivity contribution in [2.75, 3.05) is 0 Å². The van der Waals surface area contributed by atoms with Crippen LogP contribution >= 0.6 is 0 Å². The average molecular weight is 282 g/mol. The molecule has 0 fully saturated rings. The summed E-state index contributed by atoms with van der Waals surface area (Å²) in [5.41, 5.74) is 2.72. The summed E-state index contributed by atoms with van der Waals surface area (Å²) in [6.07, 6.45) is 4.90. The monoisotopic (exact) mass is 282 g/mol. The standard InChI is InChI=1S/C16H15FN4/c1-11(2)14-9-15(12-3-5-13(17)6-4-12)21(20-14)16-10-18-7-8-19-16/h3-11H,1-2H3. The van der Waals surface area contributed by atoms with Crippen LogP contribution in [0.1, 0.15) is 25.5 Å². The predicted molar refractivity (Wildman–Crippen MR) is 78.6 cm³/mol. The third kappa shape index (κ3) is 2.67. The highest BCUT2D eigenvalue weighted by molar-refractivity contribution is 5.62. The summed E-state index contributed by atoms with van der Waals surface area (Å²) in [5, 5.41) is 4.60. The molecule has 2 aromatic heterocycles. The zero-order valence-electron chi connectivity index (χ0n) is 11.9. The number of hydrogen-bond acceptors (Lipinski definition) is 3. The smallest absolute Gasteiger partial charge is 0.172 e. The minimum atomic E-state index is -0.256. The normalized spacial score (nSPS) is 11.0. The van der Waals surface area contributed by atoms with Crippen LogP contribution in [0.15, 0.2) is 48.9 Å². The SMILES string of the molecule is CC(C)c1cc(-c2ccc(F)cc2)n(-c2cnccn2)n1. The summed E-state index contributed by atoms with van der Waals surface area (Å²) >= 11 is 0. The number of hydrogen-bond donors (Lipinski definition) is 0. The first kappa shape index (κ1) is 13.4. The van der Waals surface area contributed by atoms with Crippen LogP contribution in [0.3, 0.4) is 0 Å². The lowest BCUT2D eigenvalue weighted by Crippen LogP contribution is -2.03. The Morgan fingerprint density at radius 3 is 2.48 bits per heavy atom. The first-order valence-corrected chi connectivity index (χ1v) is 6.77. The summed E-state index contributed by atoms with van der Waals surface area (Å²) in [5.74, 6) is 0.680. The predicted octanol–water partition coefficient (Wildman–Crippen LogP) is 3.59. The van der Waals surface area contributed by atoms with E-state index in [1.807, 2.05) is 6.07 Å². The number of nitrogens with zero attached hydrogens (tertiary/aromatic N) is 4. The molecule has 21 heavy (non-hydrogen) atoms. The molecule has 106 valence electrons. The fraction of sp³-hybridized carbons (Fsp3) is 0.188. The highest BCUT2D eigenvalue weighted by Gasteiger charge is 2.14. The molecule has 3 aromatic rings. The molecule has 4 nitrogen and oxygen atoms in total. The van der Waals surface area contributed by atoms with Gasteiger partial charge < -0.3 is 0 Å². The maximum atomic E-state index is 13.1. The van der Waals surface area contributed by atoms with Crippen molar-refractivity contribution in [2.24, 2.45) is 0 Å². The molecule has 0 N–H and O–H groups in total. The number of rotatable bonds is 3. The summed E-state index contributed by atoms with van der Waals surface area (Å²) in [6, 6.07) is 8.37. The lowest BCUT2D eigenvalue weighted by atomic mass is 10.1. The Morgan fingerprint density at radius 1 is 1.10 bits per heavy atom. The highest BCUT2D eigenvalue weighted by atomic mass is 19.1. The van der Waals surface area contributed by atoms with E-state index < -0.39 is 0 Å². The zero-order valence-corrected chi connectivity index (χ0v) is 11.9. The van der Waals surface area contributed by atoms with Crippen molar-refractivity contribution in [3.05, 3.63) is 60.4 Å². The first-order chi connectivity index (χ1) is 10.1. The van der Waals surface area contributed by atoms with E-state index in [1.54, 1.807) is 35.4 Å². The highest BCUT2D eigenvalue weighted by Crippen LogP contribution is 2.26. The molecular weight excluding hydrogens is 267 g/mol. The minimum Gasteiger partial charge on any atom is -0.259 e. The molecule has 0 unspecified atom stereocenters.